The van der Waals surface area contributed by atoms with Gasteiger partial charge in [0, 0.05) is 26.2 Å². The van der Waals surface area contributed by atoms with Gasteiger partial charge in [-0.15, -0.1) is 0 Å². The Morgan fingerprint density at radius 3 is 2.53 bits per heavy atom. The van der Waals surface area contributed by atoms with Crippen molar-refractivity contribution in [1.82, 2.24) is 10.2 Å². The lowest BCUT2D eigenvalue weighted by atomic mass is 10.3. The summed E-state index contributed by atoms with van der Waals surface area (Å²) in [7, 11) is 0. The Hall–Kier alpha value is -0.420. The quantitative estimate of drug-likeness (QED) is 0.415. The molecule has 1 rings (SSSR count). The van der Waals surface area contributed by atoms with E-state index in [4.69, 9.17) is 0 Å². The molecule has 1 aliphatic heterocycles. The molecule has 0 aliphatic carbocycles. The van der Waals surface area contributed by atoms with Crippen molar-refractivity contribution < 1.29 is 10.2 Å². The van der Waals surface area contributed by atoms with E-state index in [0.717, 1.165) is 31.6 Å². The highest BCUT2D eigenvalue weighted by molar-refractivity contribution is 5.01. The minimum atomic E-state index is -0.596. The summed E-state index contributed by atoms with van der Waals surface area (Å²) in [6, 6.07) is 0. The first-order valence-electron chi connectivity index (χ1n) is 5.59. The molecule has 3 N–H and O–H groups in total. The Bertz CT molecular complexity index is 199. The first-order chi connectivity index (χ1) is 7.13. The highest BCUT2D eigenvalue weighted by atomic mass is 16.3. The van der Waals surface area contributed by atoms with Crippen LogP contribution < -0.4 is 5.32 Å². The average molecular weight is 214 g/mol. The molecule has 0 aromatic heterocycles. The molecule has 0 radical (unpaired) electrons. The monoisotopic (exact) mass is 214 g/mol. The van der Waals surface area contributed by atoms with Crippen molar-refractivity contribution >= 4 is 0 Å². The predicted octanol–water partition coefficient (Wildman–Crippen LogP) is -0.420. The van der Waals surface area contributed by atoms with Gasteiger partial charge in [-0.2, -0.15) is 0 Å². The van der Waals surface area contributed by atoms with E-state index in [9.17, 15) is 10.2 Å². The molecule has 2 unspecified atom stereocenters. The van der Waals surface area contributed by atoms with Crippen LogP contribution in [0.15, 0.2) is 12.2 Å². The van der Waals surface area contributed by atoms with Crippen LogP contribution >= 0.6 is 0 Å². The summed E-state index contributed by atoms with van der Waals surface area (Å²) in [5, 5.41) is 22.0. The zero-order chi connectivity index (χ0) is 11.3. The fraction of sp³-hybridized carbons (Fsp3) is 0.818. The van der Waals surface area contributed by atoms with Crippen molar-refractivity contribution in [2.45, 2.75) is 25.6 Å². The van der Waals surface area contributed by atoms with E-state index < -0.39 is 12.2 Å². The van der Waals surface area contributed by atoms with E-state index in [2.05, 4.69) is 18.8 Å². The van der Waals surface area contributed by atoms with Crippen LogP contribution in [0.2, 0.25) is 0 Å². The second kappa shape index (κ2) is 6.23. The fourth-order valence-corrected chi connectivity index (χ4v) is 1.79. The number of β-amino-alcohol motifs (C(OH)–C–C–N with tert-alkyl or cyclic N) is 2. The van der Waals surface area contributed by atoms with Crippen molar-refractivity contribution in [3.05, 3.63) is 12.2 Å². The summed E-state index contributed by atoms with van der Waals surface area (Å²) >= 11 is 0. The van der Waals surface area contributed by atoms with Gasteiger partial charge in [0.05, 0.1) is 12.2 Å². The fourth-order valence-electron chi connectivity index (χ4n) is 1.79. The third-order valence-corrected chi connectivity index (χ3v) is 2.58. The van der Waals surface area contributed by atoms with Gasteiger partial charge in [-0.3, -0.25) is 4.90 Å². The largest absolute Gasteiger partial charge is 0.389 e. The minimum Gasteiger partial charge on any atom is -0.389 e. The average Bonchev–Trinajstić information content (AvgIpc) is 2.46. The second-order valence-electron chi connectivity index (χ2n) is 4.26. The van der Waals surface area contributed by atoms with Gasteiger partial charge in [0.2, 0.25) is 0 Å². The molecule has 1 aliphatic rings. The summed E-state index contributed by atoms with van der Waals surface area (Å²) in [6.45, 7) is 9.77. The number of nitrogens with zero attached hydrogens (tertiary/aromatic N) is 1. The highest BCUT2D eigenvalue weighted by Gasteiger charge is 2.29. The van der Waals surface area contributed by atoms with Gasteiger partial charge >= 0.3 is 0 Å². The lowest BCUT2D eigenvalue weighted by molar-refractivity contribution is 0.0572. The van der Waals surface area contributed by atoms with Crippen molar-refractivity contribution in [1.29, 1.82) is 0 Å². The van der Waals surface area contributed by atoms with Crippen LogP contribution in [0, 0.1) is 0 Å². The van der Waals surface area contributed by atoms with Crippen molar-refractivity contribution in [2.24, 2.45) is 0 Å². The van der Waals surface area contributed by atoms with E-state index in [1.807, 2.05) is 4.90 Å². The van der Waals surface area contributed by atoms with Crippen molar-refractivity contribution in [3.8, 4) is 0 Å². The summed E-state index contributed by atoms with van der Waals surface area (Å²) in [4.78, 5) is 2.03. The third-order valence-electron chi connectivity index (χ3n) is 2.58. The highest BCUT2D eigenvalue weighted by Crippen LogP contribution is 2.10. The van der Waals surface area contributed by atoms with Crippen molar-refractivity contribution in [3.63, 3.8) is 0 Å². The molecular formula is C11H22N2O2. The SMILES string of the molecule is C=C(CNCCC)CN1CC(O)C(O)C1. The van der Waals surface area contributed by atoms with Gasteiger partial charge < -0.3 is 15.5 Å². The molecule has 0 saturated carbocycles. The Morgan fingerprint density at radius 2 is 2.00 bits per heavy atom. The van der Waals surface area contributed by atoms with E-state index >= 15 is 0 Å². The molecular weight excluding hydrogens is 192 g/mol. The topological polar surface area (TPSA) is 55.7 Å². The van der Waals surface area contributed by atoms with Gasteiger partial charge in [-0.25, -0.2) is 0 Å². The second-order valence-corrected chi connectivity index (χ2v) is 4.26. The Morgan fingerprint density at radius 1 is 1.40 bits per heavy atom. The molecule has 2 atom stereocenters. The molecule has 0 aromatic carbocycles. The number of likely N-dealkylation sites (tertiary alicyclic amines) is 1. The number of hydrogen-bond donors (Lipinski definition) is 3. The summed E-state index contributed by atoms with van der Waals surface area (Å²) in [5.41, 5.74) is 1.10. The minimum absolute atomic E-state index is 0.550. The number of aliphatic hydroxyl groups is 2. The van der Waals surface area contributed by atoms with Crippen LogP contribution in [0.25, 0.3) is 0 Å². The molecule has 4 nitrogen and oxygen atoms in total. The number of hydrogen-bond acceptors (Lipinski definition) is 4. The van der Waals surface area contributed by atoms with Gasteiger partial charge in [0.15, 0.2) is 0 Å². The molecule has 1 heterocycles. The summed E-state index contributed by atoms with van der Waals surface area (Å²) < 4.78 is 0. The van der Waals surface area contributed by atoms with Crippen molar-refractivity contribution in [2.75, 3.05) is 32.7 Å². The summed E-state index contributed by atoms with van der Waals surface area (Å²) in [5.74, 6) is 0. The standard InChI is InChI=1S/C11H22N2O2/c1-3-4-12-5-9(2)6-13-7-10(14)11(15)8-13/h10-12,14-15H,2-8H2,1H3. The first-order valence-corrected chi connectivity index (χ1v) is 5.59. The van der Waals surface area contributed by atoms with Gasteiger partial charge in [-0.05, 0) is 18.5 Å². The van der Waals surface area contributed by atoms with E-state index in [-0.39, 0.29) is 0 Å². The number of nitrogens with one attached hydrogen (secondary N) is 1. The molecule has 4 heteroatoms. The Labute approximate surface area is 91.6 Å². The normalized spacial score (nSPS) is 27.1. The number of rotatable bonds is 6. The molecule has 1 fully saturated rings. The van der Waals surface area contributed by atoms with Gasteiger partial charge in [0.1, 0.15) is 0 Å². The lowest BCUT2D eigenvalue weighted by Gasteiger charge is -2.16. The zero-order valence-corrected chi connectivity index (χ0v) is 9.45. The van der Waals surface area contributed by atoms with E-state index in [1.54, 1.807) is 0 Å². The van der Waals surface area contributed by atoms with E-state index in [0.29, 0.717) is 13.1 Å². The molecule has 0 spiro atoms. The molecule has 0 bridgehead atoms. The maximum Gasteiger partial charge on any atom is 0.0938 e. The van der Waals surface area contributed by atoms with Crippen LogP contribution in [0.4, 0.5) is 0 Å². The summed E-state index contributed by atoms with van der Waals surface area (Å²) in [6.07, 6.45) is -0.0724. The van der Waals surface area contributed by atoms with Crippen LogP contribution in [0.5, 0.6) is 0 Å². The Kier molecular flexibility index (Phi) is 5.25. The molecule has 15 heavy (non-hydrogen) atoms. The van der Waals surface area contributed by atoms with Crippen LogP contribution in [-0.4, -0.2) is 60.0 Å². The van der Waals surface area contributed by atoms with Crippen LogP contribution in [0.3, 0.4) is 0 Å². The molecule has 0 aromatic rings. The number of aliphatic hydroxyl groups excluding tert-OH is 2. The van der Waals surface area contributed by atoms with Crippen LogP contribution in [0.1, 0.15) is 13.3 Å². The zero-order valence-electron chi connectivity index (χ0n) is 9.45. The van der Waals surface area contributed by atoms with Gasteiger partial charge in [-0.1, -0.05) is 13.5 Å². The third kappa shape index (κ3) is 4.30. The maximum absolute atomic E-state index is 9.36. The van der Waals surface area contributed by atoms with Gasteiger partial charge in [0.25, 0.3) is 0 Å². The Balaban J connectivity index is 2.16. The van der Waals surface area contributed by atoms with Crippen LogP contribution in [-0.2, 0) is 0 Å². The molecule has 88 valence electrons. The lowest BCUT2D eigenvalue weighted by Crippen LogP contribution is -2.28. The predicted molar refractivity (Wildman–Crippen MR) is 60.8 cm³/mol. The van der Waals surface area contributed by atoms with E-state index in [1.165, 1.54) is 0 Å². The smallest absolute Gasteiger partial charge is 0.0938 e. The molecule has 1 saturated heterocycles. The molecule has 0 amide bonds. The first kappa shape index (κ1) is 12.6. The maximum atomic E-state index is 9.36.